The molecule has 0 saturated heterocycles. The lowest BCUT2D eigenvalue weighted by Crippen LogP contribution is -2.23. The highest BCUT2D eigenvalue weighted by molar-refractivity contribution is 7.98. The first-order chi connectivity index (χ1) is 15.0. The number of methoxy groups -OCH3 is 2. The molecular formula is C23H25N3O4S. The lowest BCUT2D eigenvalue weighted by molar-refractivity contribution is -0.116. The van der Waals surface area contributed by atoms with E-state index in [-0.39, 0.29) is 17.9 Å². The molecule has 0 radical (unpaired) electrons. The number of hydrogen-bond acceptors (Lipinski definition) is 6. The molecule has 1 heterocycles. The van der Waals surface area contributed by atoms with Gasteiger partial charge in [-0.3, -0.25) is 9.59 Å². The maximum Gasteiger partial charge on any atom is 0.266 e. The molecule has 0 aliphatic rings. The maximum atomic E-state index is 12.3. The highest BCUT2D eigenvalue weighted by Gasteiger charge is 2.10. The van der Waals surface area contributed by atoms with E-state index >= 15 is 0 Å². The number of rotatable bonds is 9. The number of amides is 1. The first-order valence-electron chi connectivity index (χ1n) is 9.79. The minimum atomic E-state index is -0.211. The number of benzene rings is 2. The summed E-state index contributed by atoms with van der Waals surface area (Å²) in [5.74, 6) is 1.11. The van der Waals surface area contributed by atoms with Gasteiger partial charge in [0, 0.05) is 29.5 Å². The van der Waals surface area contributed by atoms with Gasteiger partial charge >= 0.3 is 0 Å². The van der Waals surface area contributed by atoms with Crippen molar-refractivity contribution in [1.82, 2.24) is 9.78 Å². The van der Waals surface area contributed by atoms with Crippen molar-refractivity contribution in [3.8, 4) is 22.8 Å². The van der Waals surface area contributed by atoms with Gasteiger partial charge in [-0.2, -0.15) is 5.10 Å². The second kappa shape index (κ2) is 10.7. The molecule has 8 heteroatoms. The Labute approximate surface area is 185 Å². The molecule has 0 atom stereocenters. The molecule has 0 spiro atoms. The molecule has 3 rings (SSSR count). The number of carbonyl (C=O) groups excluding carboxylic acids is 1. The van der Waals surface area contributed by atoms with Gasteiger partial charge in [-0.15, -0.1) is 11.8 Å². The van der Waals surface area contributed by atoms with Crippen LogP contribution in [0.4, 0.5) is 5.69 Å². The summed E-state index contributed by atoms with van der Waals surface area (Å²) in [5, 5.41) is 7.38. The topological polar surface area (TPSA) is 82.5 Å². The average molecular weight is 440 g/mol. The van der Waals surface area contributed by atoms with Gasteiger partial charge in [-0.05, 0) is 49.1 Å². The molecule has 162 valence electrons. The van der Waals surface area contributed by atoms with Crippen LogP contribution in [0.25, 0.3) is 11.3 Å². The van der Waals surface area contributed by atoms with Crippen molar-refractivity contribution < 1.29 is 14.3 Å². The molecular weight excluding hydrogens is 414 g/mol. The Morgan fingerprint density at radius 3 is 2.58 bits per heavy atom. The van der Waals surface area contributed by atoms with E-state index in [0.29, 0.717) is 30.2 Å². The number of hydrogen-bond donors (Lipinski definition) is 1. The summed E-state index contributed by atoms with van der Waals surface area (Å²) in [4.78, 5) is 25.6. The molecule has 0 aliphatic heterocycles. The van der Waals surface area contributed by atoms with Gasteiger partial charge < -0.3 is 14.8 Å². The van der Waals surface area contributed by atoms with Gasteiger partial charge in [-0.25, -0.2) is 4.68 Å². The number of carbonyl (C=O) groups is 1. The third-order valence-electron chi connectivity index (χ3n) is 4.70. The van der Waals surface area contributed by atoms with Crippen LogP contribution < -0.4 is 20.3 Å². The highest BCUT2D eigenvalue weighted by atomic mass is 32.2. The van der Waals surface area contributed by atoms with Gasteiger partial charge in [-0.1, -0.05) is 12.1 Å². The van der Waals surface area contributed by atoms with Crippen LogP contribution in [0.5, 0.6) is 11.5 Å². The fourth-order valence-electron chi connectivity index (χ4n) is 3.11. The molecule has 0 bridgehead atoms. The zero-order valence-electron chi connectivity index (χ0n) is 17.8. The Morgan fingerprint density at radius 1 is 1.06 bits per heavy atom. The number of ether oxygens (including phenoxy) is 2. The lowest BCUT2D eigenvalue weighted by atomic mass is 10.1. The fraction of sp³-hybridized carbons (Fsp3) is 0.261. The van der Waals surface area contributed by atoms with Gasteiger partial charge in [0.1, 0.15) is 0 Å². The Bertz CT molecular complexity index is 1110. The van der Waals surface area contributed by atoms with Crippen molar-refractivity contribution in [2.24, 2.45) is 0 Å². The Morgan fingerprint density at radius 2 is 1.84 bits per heavy atom. The summed E-state index contributed by atoms with van der Waals surface area (Å²) >= 11 is 1.58. The molecule has 31 heavy (non-hydrogen) atoms. The largest absolute Gasteiger partial charge is 0.493 e. The maximum absolute atomic E-state index is 12.3. The van der Waals surface area contributed by atoms with E-state index in [2.05, 4.69) is 10.4 Å². The third kappa shape index (κ3) is 5.67. The normalized spacial score (nSPS) is 10.5. The number of thioether (sulfide) groups is 1. The fourth-order valence-corrected chi connectivity index (χ4v) is 3.66. The predicted molar refractivity (Wildman–Crippen MR) is 123 cm³/mol. The van der Waals surface area contributed by atoms with Crippen LogP contribution in [0.3, 0.4) is 0 Å². The molecule has 3 aromatic rings. The number of anilines is 1. The predicted octanol–water partition coefficient (Wildman–Crippen LogP) is 4.07. The monoisotopic (exact) mass is 439 g/mol. The lowest BCUT2D eigenvalue weighted by Gasteiger charge is -2.11. The zero-order chi connectivity index (χ0) is 22.2. The van der Waals surface area contributed by atoms with Crippen LogP contribution in [0.2, 0.25) is 0 Å². The van der Waals surface area contributed by atoms with Gasteiger partial charge in [0.05, 0.1) is 25.6 Å². The molecule has 1 amide bonds. The van der Waals surface area contributed by atoms with E-state index in [9.17, 15) is 9.59 Å². The van der Waals surface area contributed by atoms with E-state index in [0.717, 1.165) is 16.1 Å². The van der Waals surface area contributed by atoms with Crippen molar-refractivity contribution in [3.63, 3.8) is 0 Å². The van der Waals surface area contributed by atoms with Crippen LogP contribution in [0.1, 0.15) is 12.8 Å². The first kappa shape index (κ1) is 22.4. The SMILES string of the molecule is COc1ccc(-c2ccc(=O)n(CCCC(=O)Nc3ccccc3SC)n2)cc1OC. The minimum absolute atomic E-state index is 0.0920. The molecule has 1 aromatic heterocycles. The average Bonchev–Trinajstić information content (AvgIpc) is 2.80. The Balaban J connectivity index is 1.66. The van der Waals surface area contributed by atoms with Crippen molar-refractivity contribution in [2.45, 2.75) is 24.3 Å². The van der Waals surface area contributed by atoms with Crippen LogP contribution >= 0.6 is 11.8 Å². The molecule has 0 unspecified atom stereocenters. The van der Waals surface area contributed by atoms with E-state index in [1.807, 2.05) is 42.7 Å². The van der Waals surface area contributed by atoms with Crippen molar-refractivity contribution in [3.05, 3.63) is 65.0 Å². The third-order valence-corrected chi connectivity index (χ3v) is 5.50. The second-order valence-electron chi connectivity index (χ2n) is 6.70. The number of para-hydroxylation sites is 1. The molecule has 0 saturated carbocycles. The number of nitrogens with one attached hydrogen (secondary N) is 1. The van der Waals surface area contributed by atoms with E-state index in [1.54, 1.807) is 38.1 Å². The Hall–Kier alpha value is -3.26. The molecule has 0 aliphatic carbocycles. The van der Waals surface area contributed by atoms with Crippen LogP contribution in [-0.4, -0.2) is 36.2 Å². The summed E-state index contributed by atoms with van der Waals surface area (Å²) in [7, 11) is 3.14. The number of nitrogens with zero attached hydrogens (tertiary/aromatic N) is 2. The number of aryl methyl sites for hydroxylation is 1. The summed E-state index contributed by atoms with van der Waals surface area (Å²) in [6.07, 6.45) is 2.75. The van der Waals surface area contributed by atoms with Crippen LogP contribution in [0.15, 0.2) is 64.3 Å². The minimum Gasteiger partial charge on any atom is -0.493 e. The van der Waals surface area contributed by atoms with E-state index in [4.69, 9.17) is 9.47 Å². The van der Waals surface area contributed by atoms with Gasteiger partial charge in [0.25, 0.3) is 5.56 Å². The van der Waals surface area contributed by atoms with Crippen molar-refractivity contribution in [1.29, 1.82) is 0 Å². The standard InChI is InChI=1S/C23H25N3O4S/c1-29-19-12-10-16(15-20(19)30-2)17-11-13-23(28)26(25-17)14-6-9-22(27)24-18-7-4-5-8-21(18)31-3/h4-5,7-8,10-13,15H,6,9,14H2,1-3H3,(H,24,27). The van der Waals surface area contributed by atoms with Crippen molar-refractivity contribution >= 4 is 23.4 Å². The molecule has 7 nitrogen and oxygen atoms in total. The summed E-state index contributed by atoms with van der Waals surface area (Å²) in [6.45, 7) is 0.345. The van der Waals surface area contributed by atoms with Crippen molar-refractivity contribution in [2.75, 3.05) is 25.8 Å². The first-order valence-corrected chi connectivity index (χ1v) is 11.0. The smallest absolute Gasteiger partial charge is 0.266 e. The zero-order valence-corrected chi connectivity index (χ0v) is 18.6. The highest BCUT2D eigenvalue weighted by Crippen LogP contribution is 2.31. The summed E-state index contributed by atoms with van der Waals surface area (Å²) in [5.41, 5.74) is 2.03. The van der Waals surface area contributed by atoms with E-state index < -0.39 is 0 Å². The van der Waals surface area contributed by atoms with Crippen LogP contribution in [0, 0.1) is 0 Å². The summed E-state index contributed by atoms with van der Waals surface area (Å²) in [6, 6.07) is 16.3. The van der Waals surface area contributed by atoms with E-state index in [1.165, 1.54) is 10.7 Å². The van der Waals surface area contributed by atoms with Crippen LogP contribution in [-0.2, 0) is 11.3 Å². The van der Waals surface area contributed by atoms with Gasteiger partial charge in [0.15, 0.2) is 11.5 Å². The Kier molecular flexibility index (Phi) is 7.72. The molecule has 0 fully saturated rings. The summed E-state index contributed by atoms with van der Waals surface area (Å²) < 4.78 is 12.0. The molecule has 2 aromatic carbocycles. The molecule has 1 N–H and O–H groups in total. The second-order valence-corrected chi connectivity index (χ2v) is 7.55. The quantitative estimate of drug-likeness (QED) is 0.506. The van der Waals surface area contributed by atoms with Gasteiger partial charge in [0.2, 0.25) is 5.91 Å². The number of aromatic nitrogens is 2.